The molecule has 1 atom stereocenters. The van der Waals surface area contributed by atoms with E-state index in [1.165, 1.54) is 14.0 Å². The van der Waals surface area contributed by atoms with E-state index in [2.05, 4.69) is 0 Å². The minimum atomic E-state index is -1.45. The summed E-state index contributed by atoms with van der Waals surface area (Å²) < 4.78 is 4.71. The molecule has 1 rings (SSSR count). The lowest BCUT2D eigenvalue weighted by Crippen LogP contribution is -2.65. The fourth-order valence-corrected chi connectivity index (χ4v) is 3.01. The first-order valence-corrected chi connectivity index (χ1v) is 6.85. The molecule has 0 saturated carbocycles. The van der Waals surface area contributed by atoms with Gasteiger partial charge in [-0.25, -0.2) is 4.79 Å². The predicted molar refractivity (Wildman–Crippen MR) is 73.8 cm³/mol. The Morgan fingerprint density at radius 1 is 1.30 bits per heavy atom. The first kappa shape index (κ1) is 17.4. The average molecular weight is 289 g/mol. The zero-order valence-corrected chi connectivity index (χ0v) is 13.3. The molecule has 0 aromatic rings. The lowest BCUT2D eigenvalue weighted by atomic mass is 9.80. The van der Waals surface area contributed by atoms with Crippen molar-refractivity contribution in [2.24, 2.45) is 0 Å². The summed E-state index contributed by atoms with van der Waals surface area (Å²) in [4.78, 5) is 17.7. The third-order valence-corrected chi connectivity index (χ3v) is 3.78. The lowest BCUT2D eigenvalue weighted by Gasteiger charge is -2.54. The molecule has 0 aromatic carbocycles. The van der Waals surface area contributed by atoms with Crippen LogP contribution in [0.3, 0.4) is 0 Å². The van der Waals surface area contributed by atoms with E-state index >= 15 is 0 Å². The molecule has 1 aliphatic rings. The fourth-order valence-electron chi connectivity index (χ4n) is 3.01. The van der Waals surface area contributed by atoms with Crippen LogP contribution in [0, 0.1) is 0 Å². The number of methoxy groups -OCH3 is 1. The molecule has 1 heterocycles. The summed E-state index contributed by atoms with van der Waals surface area (Å²) in [5.74, 6) is -0.627. The number of hydrogen-bond donors (Lipinski definition) is 2. The monoisotopic (exact) mass is 289 g/mol. The molecule has 6 heteroatoms. The normalized spacial score (nSPS) is 26.0. The summed E-state index contributed by atoms with van der Waals surface area (Å²) in [7, 11) is 1.26. The molecule has 0 bridgehead atoms. The highest BCUT2D eigenvalue weighted by Gasteiger charge is 2.50. The summed E-state index contributed by atoms with van der Waals surface area (Å²) in [6.07, 6.45) is 0.636. The van der Waals surface area contributed by atoms with Crippen LogP contribution in [0.15, 0.2) is 0 Å². The number of aliphatic hydroxyl groups is 2. The number of esters is 1. The summed E-state index contributed by atoms with van der Waals surface area (Å²) in [6, 6.07) is 0. The highest BCUT2D eigenvalue weighted by Crippen LogP contribution is 2.40. The maximum Gasteiger partial charge on any atom is 0.342 e. The molecule has 0 aliphatic carbocycles. The Bertz CT molecular complexity index is 351. The number of piperidine rings is 1. The van der Waals surface area contributed by atoms with Crippen molar-refractivity contribution in [2.45, 2.75) is 70.2 Å². The number of rotatable bonds is 4. The largest absolute Gasteiger partial charge is 0.467 e. The van der Waals surface area contributed by atoms with Gasteiger partial charge in [0.25, 0.3) is 0 Å². The van der Waals surface area contributed by atoms with Crippen LogP contribution in [0.5, 0.6) is 0 Å². The van der Waals surface area contributed by atoms with Crippen LogP contribution in [0.1, 0.15) is 47.5 Å². The molecule has 20 heavy (non-hydrogen) atoms. The quantitative estimate of drug-likeness (QED) is 0.747. The van der Waals surface area contributed by atoms with Gasteiger partial charge in [-0.1, -0.05) is 0 Å². The number of aliphatic hydroxyl groups excluding tert-OH is 2. The van der Waals surface area contributed by atoms with Crippen LogP contribution in [0.2, 0.25) is 0 Å². The molecule has 0 radical (unpaired) electrons. The molecule has 1 fully saturated rings. The van der Waals surface area contributed by atoms with Crippen molar-refractivity contribution in [3.05, 3.63) is 0 Å². The zero-order valence-electron chi connectivity index (χ0n) is 13.3. The van der Waals surface area contributed by atoms with Crippen molar-refractivity contribution in [1.29, 1.82) is 0 Å². The Balaban J connectivity index is 3.06. The third-order valence-electron chi connectivity index (χ3n) is 3.78. The molecule has 1 saturated heterocycles. The number of ether oxygens (including phenoxy) is 1. The molecule has 2 N–H and O–H groups in total. The van der Waals surface area contributed by atoms with Crippen LogP contribution >= 0.6 is 0 Å². The standard InChI is InChI=1S/C14H27NO5/c1-12(2)7-10(17)8-13(3,4)15(12)20-14(5,9-16)11(18)19-6/h10,16-17H,7-9H2,1-6H3. The Morgan fingerprint density at radius 2 is 1.75 bits per heavy atom. The molecule has 6 nitrogen and oxygen atoms in total. The lowest BCUT2D eigenvalue weighted by molar-refractivity contribution is -0.339. The van der Waals surface area contributed by atoms with Crippen molar-refractivity contribution in [3.63, 3.8) is 0 Å². The van der Waals surface area contributed by atoms with Gasteiger partial charge in [-0.2, -0.15) is 5.06 Å². The molecule has 0 amide bonds. The van der Waals surface area contributed by atoms with Crippen LogP contribution in [0.4, 0.5) is 0 Å². The minimum Gasteiger partial charge on any atom is -0.467 e. The second-order valence-corrected chi connectivity index (χ2v) is 6.95. The summed E-state index contributed by atoms with van der Waals surface area (Å²) in [5, 5.41) is 21.2. The second-order valence-electron chi connectivity index (χ2n) is 6.95. The Hall–Kier alpha value is -0.690. The SMILES string of the molecule is COC(=O)C(C)(CO)ON1C(C)(C)CC(O)CC1(C)C. The van der Waals surface area contributed by atoms with Crippen molar-refractivity contribution in [1.82, 2.24) is 5.06 Å². The van der Waals surface area contributed by atoms with Gasteiger partial charge in [0.05, 0.1) is 19.8 Å². The fraction of sp³-hybridized carbons (Fsp3) is 0.929. The van der Waals surface area contributed by atoms with Gasteiger partial charge in [-0.3, -0.25) is 4.84 Å². The minimum absolute atomic E-state index is 0.418. The smallest absolute Gasteiger partial charge is 0.342 e. The van der Waals surface area contributed by atoms with Gasteiger partial charge >= 0.3 is 5.97 Å². The van der Waals surface area contributed by atoms with Crippen LogP contribution in [-0.2, 0) is 14.4 Å². The van der Waals surface area contributed by atoms with Gasteiger partial charge in [0.1, 0.15) is 0 Å². The van der Waals surface area contributed by atoms with Gasteiger partial charge in [-0.05, 0) is 47.5 Å². The summed E-state index contributed by atoms with van der Waals surface area (Å²) >= 11 is 0. The van der Waals surface area contributed by atoms with Crippen molar-refractivity contribution < 1.29 is 24.6 Å². The third kappa shape index (κ3) is 3.31. The topological polar surface area (TPSA) is 79.2 Å². The van der Waals surface area contributed by atoms with E-state index in [9.17, 15) is 15.0 Å². The van der Waals surface area contributed by atoms with Crippen molar-refractivity contribution in [2.75, 3.05) is 13.7 Å². The molecule has 0 aromatic heterocycles. The van der Waals surface area contributed by atoms with E-state index < -0.39 is 35.4 Å². The highest BCUT2D eigenvalue weighted by molar-refractivity contribution is 5.79. The molecular weight excluding hydrogens is 262 g/mol. The van der Waals surface area contributed by atoms with Crippen LogP contribution in [-0.4, -0.2) is 57.7 Å². The Kier molecular flexibility index (Phi) is 4.86. The van der Waals surface area contributed by atoms with Crippen molar-refractivity contribution >= 4 is 5.97 Å². The molecule has 118 valence electrons. The molecule has 1 unspecified atom stereocenters. The number of hydroxylamine groups is 2. The van der Waals surface area contributed by atoms with E-state index in [-0.39, 0.29) is 0 Å². The summed E-state index contributed by atoms with van der Waals surface area (Å²) in [5.41, 5.74) is -2.39. The average Bonchev–Trinajstić information content (AvgIpc) is 2.31. The van der Waals surface area contributed by atoms with Crippen molar-refractivity contribution in [3.8, 4) is 0 Å². The van der Waals surface area contributed by atoms with Gasteiger partial charge < -0.3 is 14.9 Å². The van der Waals surface area contributed by atoms with Gasteiger partial charge in [0, 0.05) is 11.1 Å². The van der Waals surface area contributed by atoms with Crippen LogP contribution < -0.4 is 0 Å². The molecule has 0 spiro atoms. The number of carbonyl (C=O) groups is 1. The van der Waals surface area contributed by atoms with Gasteiger partial charge in [0.15, 0.2) is 0 Å². The number of nitrogens with zero attached hydrogens (tertiary/aromatic N) is 1. The zero-order chi connectivity index (χ0) is 15.8. The second kappa shape index (κ2) is 5.60. The first-order chi connectivity index (χ1) is 8.98. The maximum absolute atomic E-state index is 11.8. The van der Waals surface area contributed by atoms with E-state index in [4.69, 9.17) is 9.57 Å². The first-order valence-electron chi connectivity index (χ1n) is 6.85. The van der Waals surface area contributed by atoms with E-state index in [1.54, 1.807) is 5.06 Å². The van der Waals surface area contributed by atoms with Gasteiger partial charge in [0.2, 0.25) is 5.60 Å². The van der Waals surface area contributed by atoms with Gasteiger partial charge in [-0.15, -0.1) is 0 Å². The van der Waals surface area contributed by atoms with E-state index in [0.29, 0.717) is 12.8 Å². The molecule has 1 aliphatic heterocycles. The molecular formula is C14H27NO5. The van der Waals surface area contributed by atoms with E-state index in [0.717, 1.165) is 0 Å². The Morgan fingerprint density at radius 3 is 2.10 bits per heavy atom. The number of carbonyl (C=O) groups excluding carboxylic acids is 1. The predicted octanol–water partition coefficient (Wildman–Crippen LogP) is 0.856. The Labute approximate surface area is 120 Å². The number of hydrogen-bond acceptors (Lipinski definition) is 6. The highest BCUT2D eigenvalue weighted by atomic mass is 16.7. The van der Waals surface area contributed by atoms with E-state index in [1.807, 2.05) is 27.7 Å². The summed E-state index contributed by atoms with van der Waals surface area (Å²) in [6.45, 7) is 8.76. The van der Waals surface area contributed by atoms with Crippen LogP contribution in [0.25, 0.3) is 0 Å². The maximum atomic E-state index is 11.8.